The third-order valence-electron chi connectivity index (χ3n) is 5.82. The molecule has 2 amide bonds. The summed E-state index contributed by atoms with van der Waals surface area (Å²) in [6, 6.07) is 17.5. The van der Waals surface area contributed by atoms with E-state index in [1.54, 1.807) is 49.5 Å². The Labute approximate surface area is 223 Å². The minimum Gasteiger partial charge on any atom is -0.495 e. The number of methoxy groups -OCH3 is 1. The maximum atomic E-state index is 13.4. The van der Waals surface area contributed by atoms with E-state index >= 15 is 0 Å². The molecule has 0 spiro atoms. The van der Waals surface area contributed by atoms with Gasteiger partial charge in [0.1, 0.15) is 17.2 Å². The molecule has 0 atom stereocenters. The minimum atomic E-state index is -0.359. The Morgan fingerprint density at radius 2 is 1.55 bits per heavy atom. The number of nitrogens with zero attached hydrogens (tertiary/aromatic N) is 1. The van der Waals surface area contributed by atoms with Crippen LogP contribution in [-0.2, 0) is 0 Å². The Bertz CT molecular complexity index is 1250. The Kier molecular flexibility index (Phi) is 10.5. The lowest BCUT2D eigenvalue weighted by molar-refractivity contribution is 0.0990. The van der Waals surface area contributed by atoms with Crippen LogP contribution in [0.3, 0.4) is 0 Å². The highest BCUT2D eigenvalue weighted by atomic mass is 16.5. The van der Waals surface area contributed by atoms with Crippen molar-refractivity contribution in [1.82, 2.24) is 0 Å². The highest BCUT2D eigenvalue weighted by molar-refractivity contribution is 6.09. The first-order valence-corrected chi connectivity index (χ1v) is 12.5. The Balaban J connectivity index is 1.80. The van der Waals surface area contributed by atoms with E-state index < -0.39 is 0 Å². The summed E-state index contributed by atoms with van der Waals surface area (Å²) in [7, 11) is 3.17. The SMILES string of the molecule is COc1cc(C(=O)N(C)c2ccc(C)cc2OCCCN)ccc1NC(=O)c1ccccc1OCCCN. The molecule has 0 aliphatic carbocycles. The number of rotatable bonds is 13. The molecule has 0 aliphatic heterocycles. The number of aryl methyl sites for hydroxylation is 1. The number of ether oxygens (including phenoxy) is 3. The molecule has 0 fully saturated rings. The standard InChI is InChI=1S/C29H36N4O5/c1-20-10-13-24(27(18-20)38-17-7-15-31)33(2)29(35)21-11-12-23(26(19-21)36-3)32-28(34)22-8-4-5-9-25(22)37-16-6-14-30/h4-5,8-13,18-19H,6-7,14-17,30-31H2,1-3H3,(H,32,34). The molecule has 0 saturated heterocycles. The molecule has 0 aliphatic rings. The van der Waals surface area contributed by atoms with Gasteiger partial charge >= 0.3 is 0 Å². The van der Waals surface area contributed by atoms with Crippen LogP contribution < -0.4 is 35.9 Å². The zero-order valence-corrected chi connectivity index (χ0v) is 22.2. The Hall–Kier alpha value is -4.08. The number of anilines is 2. The monoisotopic (exact) mass is 520 g/mol. The molecule has 3 aromatic carbocycles. The lowest BCUT2D eigenvalue weighted by Gasteiger charge is -2.22. The fourth-order valence-electron chi connectivity index (χ4n) is 3.75. The Morgan fingerprint density at radius 1 is 0.868 bits per heavy atom. The van der Waals surface area contributed by atoms with E-state index in [4.69, 9.17) is 25.7 Å². The van der Waals surface area contributed by atoms with Crippen molar-refractivity contribution in [1.29, 1.82) is 0 Å². The number of carbonyl (C=O) groups excluding carboxylic acids is 2. The zero-order chi connectivity index (χ0) is 27.5. The smallest absolute Gasteiger partial charge is 0.259 e. The third-order valence-corrected chi connectivity index (χ3v) is 5.82. The van der Waals surface area contributed by atoms with Gasteiger partial charge in [-0.15, -0.1) is 0 Å². The maximum Gasteiger partial charge on any atom is 0.259 e. The first-order valence-electron chi connectivity index (χ1n) is 12.5. The van der Waals surface area contributed by atoms with E-state index in [0.717, 1.165) is 5.56 Å². The second kappa shape index (κ2) is 14.0. The molecule has 9 nitrogen and oxygen atoms in total. The summed E-state index contributed by atoms with van der Waals surface area (Å²) in [6.07, 6.45) is 1.39. The molecule has 0 unspecified atom stereocenters. The number of hydrogen-bond acceptors (Lipinski definition) is 7. The van der Waals surface area contributed by atoms with Gasteiger partial charge in [-0.05, 0) is 80.9 Å². The second-order valence-electron chi connectivity index (χ2n) is 8.68. The van der Waals surface area contributed by atoms with Crippen molar-refractivity contribution in [2.45, 2.75) is 19.8 Å². The molecule has 0 aromatic heterocycles. The summed E-state index contributed by atoms with van der Waals surface area (Å²) in [4.78, 5) is 28.0. The molecule has 0 radical (unpaired) electrons. The highest BCUT2D eigenvalue weighted by Crippen LogP contribution is 2.32. The second-order valence-corrected chi connectivity index (χ2v) is 8.68. The van der Waals surface area contributed by atoms with E-state index in [1.165, 1.54) is 12.0 Å². The molecule has 3 aromatic rings. The summed E-state index contributed by atoms with van der Waals surface area (Å²) in [5.74, 6) is 0.808. The van der Waals surface area contributed by atoms with Crippen LogP contribution in [0, 0.1) is 6.92 Å². The van der Waals surface area contributed by atoms with Crippen molar-refractivity contribution in [3.05, 3.63) is 77.4 Å². The van der Waals surface area contributed by atoms with Gasteiger partial charge in [0, 0.05) is 12.6 Å². The zero-order valence-electron chi connectivity index (χ0n) is 22.2. The van der Waals surface area contributed by atoms with Gasteiger partial charge in [0.05, 0.1) is 37.3 Å². The lowest BCUT2D eigenvalue weighted by Crippen LogP contribution is -2.27. The quantitative estimate of drug-likeness (QED) is 0.291. The highest BCUT2D eigenvalue weighted by Gasteiger charge is 2.20. The van der Waals surface area contributed by atoms with Crippen LogP contribution in [0.15, 0.2) is 60.7 Å². The van der Waals surface area contributed by atoms with Gasteiger partial charge in [0.2, 0.25) is 0 Å². The lowest BCUT2D eigenvalue weighted by atomic mass is 10.1. The molecule has 38 heavy (non-hydrogen) atoms. The summed E-state index contributed by atoms with van der Waals surface area (Å²) in [6.45, 7) is 3.85. The van der Waals surface area contributed by atoms with E-state index in [1.807, 2.05) is 25.1 Å². The number of nitrogens with one attached hydrogen (secondary N) is 1. The number of para-hydroxylation sites is 1. The van der Waals surface area contributed by atoms with Gasteiger partial charge in [0.25, 0.3) is 11.8 Å². The van der Waals surface area contributed by atoms with Gasteiger partial charge in [-0.1, -0.05) is 18.2 Å². The molecule has 202 valence electrons. The molecule has 5 N–H and O–H groups in total. The first kappa shape index (κ1) is 28.5. The number of nitrogens with two attached hydrogens (primary N) is 2. The van der Waals surface area contributed by atoms with Crippen molar-refractivity contribution < 1.29 is 23.8 Å². The molecule has 9 heteroatoms. The predicted octanol–water partition coefficient (Wildman–Crippen LogP) is 3.99. The van der Waals surface area contributed by atoms with Crippen molar-refractivity contribution in [2.75, 3.05) is 50.7 Å². The van der Waals surface area contributed by atoms with Crippen LogP contribution in [0.4, 0.5) is 11.4 Å². The average molecular weight is 521 g/mol. The van der Waals surface area contributed by atoms with E-state index in [0.29, 0.717) is 78.9 Å². The number of carbonyl (C=O) groups is 2. The largest absolute Gasteiger partial charge is 0.495 e. The third kappa shape index (κ3) is 7.24. The number of amides is 2. The molecule has 0 saturated carbocycles. The van der Waals surface area contributed by atoms with Crippen LogP contribution in [0.1, 0.15) is 39.1 Å². The summed E-state index contributed by atoms with van der Waals surface area (Å²) >= 11 is 0. The number of hydrogen-bond donors (Lipinski definition) is 3. The molecular formula is C29H36N4O5. The molecule has 0 bridgehead atoms. The fraction of sp³-hybridized carbons (Fsp3) is 0.310. The molecule has 3 rings (SSSR count). The van der Waals surface area contributed by atoms with Crippen molar-refractivity contribution in [3.8, 4) is 17.2 Å². The van der Waals surface area contributed by atoms with E-state index in [-0.39, 0.29) is 11.8 Å². The van der Waals surface area contributed by atoms with Gasteiger partial charge in [0.15, 0.2) is 0 Å². The van der Waals surface area contributed by atoms with Crippen LogP contribution in [0.25, 0.3) is 0 Å². The first-order chi connectivity index (χ1) is 18.4. The van der Waals surface area contributed by atoms with Crippen LogP contribution in [0.2, 0.25) is 0 Å². The van der Waals surface area contributed by atoms with E-state index in [2.05, 4.69) is 5.32 Å². The molecule has 0 heterocycles. The number of benzene rings is 3. The topological polar surface area (TPSA) is 129 Å². The fourth-order valence-corrected chi connectivity index (χ4v) is 3.75. The van der Waals surface area contributed by atoms with Crippen molar-refractivity contribution in [2.24, 2.45) is 11.5 Å². The van der Waals surface area contributed by atoms with Crippen LogP contribution >= 0.6 is 0 Å². The summed E-state index contributed by atoms with van der Waals surface area (Å²) < 4.78 is 17.1. The maximum absolute atomic E-state index is 13.4. The molecular weight excluding hydrogens is 484 g/mol. The summed E-state index contributed by atoms with van der Waals surface area (Å²) in [5, 5.41) is 2.86. The average Bonchev–Trinajstić information content (AvgIpc) is 2.93. The van der Waals surface area contributed by atoms with Gasteiger partial charge < -0.3 is 35.9 Å². The van der Waals surface area contributed by atoms with Gasteiger partial charge in [-0.3, -0.25) is 9.59 Å². The van der Waals surface area contributed by atoms with Gasteiger partial charge in [-0.25, -0.2) is 0 Å². The van der Waals surface area contributed by atoms with E-state index in [9.17, 15) is 9.59 Å². The van der Waals surface area contributed by atoms with Crippen LogP contribution in [-0.4, -0.2) is 52.3 Å². The minimum absolute atomic E-state index is 0.257. The van der Waals surface area contributed by atoms with Gasteiger partial charge in [-0.2, -0.15) is 0 Å². The Morgan fingerprint density at radius 3 is 2.24 bits per heavy atom. The normalized spacial score (nSPS) is 10.6. The predicted molar refractivity (Wildman–Crippen MR) is 150 cm³/mol. The van der Waals surface area contributed by atoms with Crippen molar-refractivity contribution >= 4 is 23.2 Å². The summed E-state index contributed by atoms with van der Waals surface area (Å²) in [5.41, 5.74) is 14.0. The van der Waals surface area contributed by atoms with Crippen LogP contribution in [0.5, 0.6) is 17.2 Å². The van der Waals surface area contributed by atoms with Crippen molar-refractivity contribution in [3.63, 3.8) is 0 Å².